The normalized spacial score (nSPS) is 26.1. The van der Waals surface area contributed by atoms with E-state index in [4.69, 9.17) is 0 Å². The second-order valence-corrected chi connectivity index (χ2v) is 10.4. The molecule has 5 nitrogen and oxygen atoms in total. The van der Waals surface area contributed by atoms with Crippen molar-refractivity contribution in [2.45, 2.75) is 56.7 Å². The van der Waals surface area contributed by atoms with E-state index in [0.717, 1.165) is 44.1 Å². The van der Waals surface area contributed by atoms with Crippen molar-refractivity contribution in [2.24, 2.45) is 11.3 Å². The Morgan fingerprint density at radius 3 is 2.46 bits per heavy atom. The standard InChI is InChI=1S/C20H28N2O3S/c23-19(21-13-16-7-3-1-4-8-16)18-14-22(26(24,25)17-9-10-17)15-20(18)11-5-2-6-12-20/h1,3-4,7-8,17-18H,2,5-6,9-15H2,(H,21,23). The van der Waals surface area contributed by atoms with Gasteiger partial charge in [0.25, 0.3) is 0 Å². The van der Waals surface area contributed by atoms with Crippen LogP contribution >= 0.6 is 0 Å². The van der Waals surface area contributed by atoms with E-state index >= 15 is 0 Å². The van der Waals surface area contributed by atoms with E-state index in [-0.39, 0.29) is 22.5 Å². The second-order valence-electron chi connectivity index (χ2n) is 8.22. The molecule has 1 N–H and O–H groups in total. The molecule has 26 heavy (non-hydrogen) atoms. The quantitative estimate of drug-likeness (QED) is 0.859. The van der Waals surface area contributed by atoms with Gasteiger partial charge in [0.05, 0.1) is 11.2 Å². The van der Waals surface area contributed by atoms with Gasteiger partial charge in [-0.3, -0.25) is 4.79 Å². The molecule has 6 heteroatoms. The molecule has 2 aliphatic carbocycles. The van der Waals surface area contributed by atoms with E-state index in [9.17, 15) is 13.2 Å². The smallest absolute Gasteiger partial charge is 0.225 e. The topological polar surface area (TPSA) is 66.5 Å². The summed E-state index contributed by atoms with van der Waals surface area (Å²) in [4.78, 5) is 13.0. The third-order valence-corrected chi connectivity index (χ3v) is 8.71. The number of benzene rings is 1. The maximum absolute atomic E-state index is 13.0. The predicted molar refractivity (Wildman–Crippen MR) is 101 cm³/mol. The van der Waals surface area contributed by atoms with Gasteiger partial charge in [0.2, 0.25) is 15.9 Å². The molecule has 4 rings (SSSR count). The highest BCUT2D eigenvalue weighted by molar-refractivity contribution is 7.90. The lowest BCUT2D eigenvalue weighted by Crippen LogP contribution is -2.42. The lowest BCUT2D eigenvalue weighted by atomic mass is 9.67. The van der Waals surface area contributed by atoms with Crippen molar-refractivity contribution >= 4 is 15.9 Å². The van der Waals surface area contributed by atoms with Crippen molar-refractivity contribution < 1.29 is 13.2 Å². The van der Waals surface area contributed by atoms with Gasteiger partial charge in [-0.05, 0) is 36.7 Å². The lowest BCUT2D eigenvalue weighted by Gasteiger charge is -2.37. The molecule has 3 aliphatic rings. The Kier molecular flexibility index (Phi) is 4.82. The summed E-state index contributed by atoms with van der Waals surface area (Å²) in [5.41, 5.74) is 0.903. The minimum atomic E-state index is -3.22. The summed E-state index contributed by atoms with van der Waals surface area (Å²) in [5.74, 6) is -0.204. The summed E-state index contributed by atoms with van der Waals surface area (Å²) >= 11 is 0. The molecule has 1 heterocycles. The van der Waals surface area contributed by atoms with Crippen molar-refractivity contribution in [1.82, 2.24) is 9.62 Å². The molecule has 1 atom stereocenters. The number of nitrogens with zero attached hydrogens (tertiary/aromatic N) is 1. The van der Waals surface area contributed by atoms with Crippen LogP contribution in [0.1, 0.15) is 50.5 Å². The van der Waals surface area contributed by atoms with Crippen molar-refractivity contribution in [2.75, 3.05) is 13.1 Å². The summed E-state index contributed by atoms with van der Waals surface area (Å²) < 4.78 is 27.2. The number of nitrogens with one attached hydrogen (secondary N) is 1. The van der Waals surface area contributed by atoms with Crippen LogP contribution in [-0.4, -0.2) is 37.0 Å². The number of carbonyl (C=O) groups is 1. The fourth-order valence-corrected chi connectivity index (χ4v) is 6.67. The number of hydrogen-bond acceptors (Lipinski definition) is 3. The summed E-state index contributed by atoms with van der Waals surface area (Å²) in [5, 5.41) is 2.87. The minimum absolute atomic E-state index is 0.0178. The predicted octanol–water partition coefficient (Wildman–Crippen LogP) is 2.68. The van der Waals surface area contributed by atoms with Crippen LogP contribution in [0.4, 0.5) is 0 Å². The van der Waals surface area contributed by atoms with Crippen LogP contribution in [0.3, 0.4) is 0 Å². The monoisotopic (exact) mass is 376 g/mol. The van der Waals surface area contributed by atoms with Gasteiger partial charge in [-0.1, -0.05) is 49.6 Å². The third-order valence-electron chi connectivity index (χ3n) is 6.40. The zero-order chi connectivity index (χ0) is 18.2. The van der Waals surface area contributed by atoms with Crippen molar-refractivity contribution in [3.05, 3.63) is 35.9 Å². The molecule has 0 aromatic heterocycles. The summed E-state index contributed by atoms with van der Waals surface area (Å²) in [7, 11) is -3.22. The van der Waals surface area contributed by atoms with Gasteiger partial charge in [-0.2, -0.15) is 0 Å². The zero-order valence-corrected chi connectivity index (χ0v) is 16.0. The van der Waals surface area contributed by atoms with Crippen LogP contribution in [-0.2, 0) is 21.4 Å². The largest absolute Gasteiger partial charge is 0.352 e. The molecule has 3 fully saturated rings. The first-order valence-corrected chi connectivity index (χ1v) is 11.3. The highest BCUT2D eigenvalue weighted by Gasteiger charge is 2.54. The SMILES string of the molecule is O=C(NCc1ccccc1)C1CN(S(=O)(=O)C2CC2)CC12CCCCC2. The summed E-state index contributed by atoms with van der Waals surface area (Å²) in [6.45, 7) is 1.40. The molecule has 142 valence electrons. The van der Waals surface area contributed by atoms with Gasteiger partial charge in [0.1, 0.15) is 0 Å². The lowest BCUT2D eigenvalue weighted by molar-refractivity contribution is -0.128. The van der Waals surface area contributed by atoms with E-state index in [1.807, 2.05) is 30.3 Å². The molecule has 1 aliphatic heterocycles. The van der Waals surface area contributed by atoms with Gasteiger partial charge in [-0.25, -0.2) is 12.7 Å². The Bertz CT molecular complexity index is 753. The maximum atomic E-state index is 13.0. The van der Waals surface area contributed by atoms with Gasteiger partial charge in [0, 0.05) is 19.6 Å². The van der Waals surface area contributed by atoms with Crippen molar-refractivity contribution in [1.29, 1.82) is 0 Å². The third kappa shape index (κ3) is 3.41. The fourth-order valence-electron chi connectivity index (χ4n) is 4.73. The van der Waals surface area contributed by atoms with Gasteiger partial charge in [-0.15, -0.1) is 0 Å². The number of hydrogen-bond donors (Lipinski definition) is 1. The van der Waals surface area contributed by atoms with Gasteiger partial charge in [0.15, 0.2) is 0 Å². The first kappa shape index (κ1) is 18.0. The molecule has 2 saturated carbocycles. The van der Waals surface area contributed by atoms with Crippen LogP contribution < -0.4 is 5.32 Å². The molecule has 0 radical (unpaired) electrons. The van der Waals surface area contributed by atoms with Crippen LogP contribution in [0.5, 0.6) is 0 Å². The maximum Gasteiger partial charge on any atom is 0.225 e. The first-order valence-electron chi connectivity index (χ1n) is 9.82. The summed E-state index contributed by atoms with van der Waals surface area (Å²) in [6, 6.07) is 9.87. The van der Waals surface area contributed by atoms with Crippen LogP contribution in [0.2, 0.25) is 0 Å². The molecule has 1 unspecified atom stereocenters. The highest BCUT2D eigenvalue weighted by atomic mass is 32.2. The van der Waals surface area contributed by atoms with Gasteiger partial charge >= 0.3 is 0 Å². The molecule has 1 aromatic carbocycles. The first-order chi connectivity index (χ1) is 12.5. The average molecular weight is 377 g/mol. The average Bonchev–Trinajstić information content (AvgIpc) is 3.45. The van der Waals surface area contributed by atoms with Crippen molar-refractivity contribution in [3.8, 4) is 0 Å². The van der Waals surface area contributed by atoms with E-state index in [0.29, 0.717) is 19.6 Å². The molecule has 1 amide bonds. The molecule has 1 spiro atoms. The molecule has 1 aromatic rings. The Balaban J connectivity index is 1.50. The Labute approximate surface area is 156 Å². The molecular weight excluding hydrogens is 348 g/mol. The Morgan fingerprint density at radius 2 is 1.81 bits per heavy atom. The Hall–Kier alpha value is -1.40. The van der Waals surface area contributed by atoms with Gasteiger partial charge < -0.3 is 5.32 Å². The fraction of sp³-hybridized carbons (Fsp3) is 0.650. The van der Waals surface area contributed by atoms with Crippen LogP contribution in [0.15, 0.2) is 30.3 Å². The Morgan fingerprint density at radius 1 is 1.12 bits per heavy atom. The van der Waals surface area contributed by atoms with Crippen LogP contribution in [0.25, 0.3) is 0 Å². The van der Waals surface area contributed by atoms with E-state index < -0.39 is 10.0 Å². The van der Waals surface area contributed by atoms with Crippen molar-refractivity contribution in [3.63, 3.8) is 0 Å². The molecule has 1 saturated heterocycles. The minimum Gasteiger partial charge on any atom is -0.352 e. The number of rotatable bonds is 5. The van der Waals surface area contributed by atoms with E-state index in [2.05, 4.69) is 5.32 Å². The number of sulfonamides is 1. The number of amides is 1. The highest BCUT2D eigenvalue weighted by Crippen LogP contribution is 2.49. The zero-order valence-electron chi connectivity index (χ0n) is 15.2. The van der Waals surface area contributed by atoms with E-state index in [1.165, 1.54) is 6.42 Å². The number of carbonyl (C=O) groups excluding carboxylic acids is 1. The van der Waals surface area contributed by atoms with E-state index in [1.54, 1.807) is 4.31 Å². The molecular formula is C20H28N2O3S. The second kappa shape index (κ2) is 6.97. The summed E-state index contributed by atoms with van der Waals surface area (Å²) in [6.07, 6.45) is 6.86. The molecule has 0 bridgehead atoms. The van der Waals surface area contributed by atoms with Crippen LogP contribution in [0, 0.1) is 11.3 Å².